The van der Waals surface area contributed by atoms with Gasteiger partial charge in [0.05, 0.1) is 17.8 Å². The van der Waals surface area contributed by atoms with E-state index < -0.39 is 11.6 Å². The van der Waals surface area contributed by atoms with E-state index in [0.717, 1.165) is 11.1 Å². The van der Waals surface area contributed by atoms with Crippen molar-refractivity contribution in [2.45, 2.75) is 25.9 Å². The van der Waals surface area contributed by atoms with E-state index in [4.69, 9.17) is 16.3 Å². The Kier molecular flexibility index (Phi) is 5.78. The van der Waals surface area contributed by atoms with E-state index in [1.807, 2.05) is 0 Å². The minimum Gasteiger partial charge on any atom is -0.486 e. The molecule has 0 bridgehead atoms. The second-order valence-corrected chi connectivity index (χ2v) is 8.07. The van der Waals surface area contributed by atoms with E-state index in [1.165, 1.54) is 22.3 Å². The summed E-state index contributed by atoms with van der Waals surface area (Å²) in [7, 11) is 0. The molecule has 0 aliphatic carbocycles. The topological polar surface area (TPSA) is 42.4 Å². The molecule has 0 unspecified atom stereocenters. The van der Waals surface area contributed by atoms with Crippen molar-refractivity contribution in [2.24, 2.45) is 0 Å². The summed E-state index contributed by atoms with van der Waals surface area (Å²) in [5.74, 6) is -0.841. The first-order valence-electron chi connectivity index (χ1n) is 9.09. The van der Waals surface area contributed by atoms with Gasteiger partial charge in [0.15, 0.2) is 0 Å². The molecule has 1 aliphatic rings. The van der Waals surface area contributed by atoms with Gasteiger partial charge in [0, 0.05) is 28.6 Å². The SMILES string of the molecule is O=C(Cc1csc(COc2ccc(Cl)cc2)n1)N1CCCc2c(F)cc(F)cc21. The molecule has 8 heteroatoms. The molecule has 29 heavy (non-hydrogen) atoms. The third-order valence-electron chi connectivity index (χ3n) is 4.64. The zero-order valence-corrected chi connectivity index (χ0v) is 16.9. The van der Waals surface area contributed by atoms with Crippen LogP contribution in [0.5, 0.6) is 5.75 Å². The number of fused-ring (bicyclic) bond motifs is 1. The molecule has 2 aromatic carbocycles. The maximum atomic E-state index is 14.0. The predicted octanol–water partition coefficient (Wildman–Crippen LogP) is 5.18. The Bertz CT molecular complexity index is 1040. The quantitative estimate of drug-likeness (QED) is 0.556. The van der Waals surface area contributed by atoms with Gasteiger partial charge >= 0.3 is 0 Å². The van der Waals surface area contributed by atoms with Crippen LogP contribution in [-0.2, 0) is 24.2 Å². The monoisotopic (exact) mass is 434 g/mol. The second kappa shape index (κ2) is 8.47. The van der Waals surface area contributed by atoms with Crippen LogP contribution < -0.4 is 9.64 Å². The molecule has 0 atom stereocenters. The van der Waals surface area contributed by atoms with Gasteiger partial charge in [-0.05, 0) is 43.2 Å². The van der Waals surface area contributed by atoms with Crippen LogP contribution in [0.25, 0.3) is 0 Å². The van der Waals surface area contributed by atoms with Crippen molar-refractivity contribution in [3.05, 3.63) is 74.7 Å². The highest BCUT2D eigenvalue weighted by atomic mass is 35.5. The Morgan fingerprint density at radius 2 is 2.03 bits per heavy atom. The van der Waals surface area contributed by atoms with Crippen molar-refractivity contribution in [1.82, 2.24) is 4.98 Å². The van der Waals surface area contributed by atoms with E-state index in [0.29, 0.717) is 47.1 Å². The van der Waals surface area contributed by atoms with Crippen LogP contribution >= 0.6 is 22.9 Å². The van der Waals surface area contributed by atoms with Gasteiger partial charge in [-0.2, -0.15) is 0 Å². The van der Waals surface area contributed by atoms with Gasteiger partial charge in [-0.1, -0.05) is 11.6 Å². The predicted molar refractivity (Wildman–Crippen MR) is 109 cm³/mol. The summed E-state index contributed by atoms with van der Waals surface area (Å²) < 4.78 is 33.4. The first-order chi connectivity index (χ1) is 14.0. The fourth-order valence-corrected chi connectivity index (χ4v) is 4.13. The number of anilines is 1. The molecule has 1 aromatic heterocycles. The molecule has 4 rings (SSSR count). The number of nitrogens with zero attached hydrogens (tertiary/aromatic N) is 2. The van der Waals surface area contributed by atoms with Gasteiger partial charge in [-0.25, -0.2) is 13.8 Å². The number of amides is 1. The minimum atomic E-state index is -0.684. The summed E-state index contributed by atoms with van der Waals surface area (Å²) in [5.41, 5.74) is 1.32. The number of hydrogen-bond donors (Lipinski definition) is 0. The van der Waals surface area contributed by atoms with Gasteiger partial charge in [-0.3, -0.25) is 4.79 Å². The van der Waals surface area contributed by atoms with Gasteiger partial charge in [0.2, 0.25) is 5.91 Å². The van der Waals surface area contributed by atoms with Crippen molar-refractivity contribution >= 4 is 34.5 Å². The lowest BCUT2D eigenvalue weighted by Crippen LogP contribution is -2.37. The minimum absolute atomic E-state index is 0.0645. The zero-order chi connectivity index (χ0) is 20.4. The Labute approximate surface area is 175 Å². The maximum Gasteiger partial charge on any atom is 0.233 e. The van der Waals surface area contributed by atoms with E-state index in [9.17, 15) is 13.6 Å². The summed E-state index contributed by atoms with van der Waals surface area (Å²) in [6, 6.07) is 9.11. The van der Waals surface area contributed by atoms with E-state index in [-0.39, 0.29) is 18.9 Å². The molecule has 0 N–H and O–H groups in total. The first-order valence-corrected chi connectivity index (χ1v) is 10.4. The Morgan fingerprint density at radius 1 is 1.24 bits per heavy atom. The van der Waals surface area contributed by atoms with Gasteiger partial charge in [0.1, 0.15) is 29.0 Å². The highest BCUT2D eigenvalue weighted by molar-refractivity contribution is 7.09. The van der Waals surface area contributed by atoms with Gasteiger partial charge in [-0.15, -0.1) is 11.3 Å². The average molecular weight is 435 g/mol. The number of rotatable bonds is 5. The van der Waals surface area contributed by atoms with Crippen LogP contribution in [-0.4, -0.2) is 17.4 Å². The zero-order valence-electron chi connectivity index (χ0n) is 15.3. The van der Waals surface area contributed by atoms with Crippen molar-refractivity contribution in [1.29, 1.82) is 0 Å². The van der Waals surface area contributed by atoms with Gasteiger partial charge < -0.3 is 9.64 Å². The Morgan fingerprint density at radius 3 is 2.83 bits per heavy atom. The number of carbonyl (C=O) groups excluding carboxylic acids is 1. The highest BCUT2D eigenvalue weighted by Crippen LogP contribution is 2.31. The number of aromatic nitrogens is 1. The molecule has 0 spiro atoms. The number of carbonyl (C=O) groups is 1. The molecule has 2 heterocycles. The average Bonchev–Trinajstić information content (AvgIpc) is 3.14. The molecule has 1 amide bonds. The smallest absolute Gasteiger partial charge is 0.233 e. The van der Waals surface area contributed by atoms with Gasteiger partial charge in [0.25, 0.3) is 0 Å². The van der Waals surface area contributed by atoms with Crippen LogP contribution in [0.2, 0.25) is 5.02 Å². The van der Waals surface area contributed by atoms with Crippen LogP contribution in [0.1, 0.15) is 22.7 Å². The summed E-state index contributed by atoms with van der Waals surface area (Å²) in [5, 5.41) is 3.17. The molecular weight excluding hydrogens is 418 g/mol. The molecule has 1 aliphatic heterocycles. The first kappa shape index (κ1) is 19.8. The maximum absolute atomic E-state index is 14.0. The standard InChI is InChI=1S/C21H17ClF2N2O2S/c22-13-3-5-16(6-4-13)28-11-20-25-15(12-29-20)10-21(27)26-7-1-2-17-18(24)8-14(23)9-19(17)26/h3-6,8-9,12H,1-2,7,10-11H2. The lowest BCUT2D eigenvalue weighted by Gasteiger charge is -2.29. The Hall–Kier alpha value is -2.51. The molecule has 4 nitrogen and oxygen atoms in total. The normalized spacial score (nSPS) is 13.3. The number of thiazole rings is 1. The summed E-state index contributed by atoms with van der Waals surface area (Å²) in [6.45, 7) is 0.717. The number of benzene rings is 2. The largest absolute Gasteiger partial charge is 0.486 e. The third-order valence-corrected chi connectivity index (χ3v) is 5.77. The summed E-state index contributed by atoms with van der Waals surface area (Å²) in [4.78, 5) is 18.7. The third kappa shape index (κ3) is 4.57. The highest BCUT2D eigenvalue weighted by Gasteiger charge is 2.26. The number of hydrogen-bond acceptors (Lipinski definition) is 4. The van der Waals surface area contributed by atoms with E-state index >= 15 is 0 Å². The van der Waals surface area contributed by atoms with Crippen LogP contribution in [0, 0.1) is 11.6 Å². The Balaban J connectivity index is 1.42. The molecule has 150 valence electrons. The van der Waals surface area contributed by atoms with Crippen molar-refractivity contribution in [3.63, 3.8) is 0 Å². The lowest BCUT2D eigenvalue weighted by atomic mass is 10.0. The van der Waals surface area contributed by atoms with Crippen LogP contribution in [0.15, 0.2) is 41.8 Å². The van der Waals surface area contributed by atoms with Crippen LogP contribution in [0.4, 0.5) is 14.5 Å². The molecule has 0 fully saturated rings. The number of halogens is 3. The molecule has 0 radical (unpaired) electrons. The summed E-state index contributed by atoms with van der Waals surface area (Å²) in [6.07, 6.45) is 1.20. The molecule has 0 saturated carbocycles. The van der Waals surface area contributed by atoms with Crippen molar-refractivity contribution < 1.29 is 18.3 Å². The number of ether oxygens (including phenoxy) is 1. The lowest BCUT2D eigenvalue weighted by molar-refractivity contribution is -0.118. The van der Waals surface area contributed by atoms with E-state index in [2.05, 4.69) is 4.98 Å². The molecule has 0 saturated heterocycles. The van der Waals surface area contributed by atoms with Crippen molar-refractivity contribution in [2.75, 3.05) is 11.4 Å². The van der Waals surface area contributed by atoms with E-state index in [1.54, 1.807) is 29.6 Å². The second-order valence-electron chi connectivity index (χ2n) is 6.69. The van der Waals surface area contributed by atoms with Crippen LogP contribution in [0.3, 0.4) is 0 Å². The van der Waals surface area contributed by atoms with Crippen molar-refractivity contribution in [3.8, 4) is 5.75 Å². The molecule has 3 aromatic rings. The fourth-order valence-electron chi connectivity index (χ4n) is 3.29. The fraction of sp³-hybridized carbons (Fsp3) is 0.238. The molecular formula is C21H17ClF2N2O2S. The summed E-state index contributed by atoms with van der Waals surface area (Å²) >= 11 is 7.25.